The van der Waals surface area contributed by atoms with E-state index >= 15 is 0 Å². The molecule has 0 aliphatic rings. The average Bonchev–Trinajstić information content (AvgIpc) is 3.02. The Hall–Kier alpha value is -2.14. The van der Waals surface area contributed by atoms with Gasteiger partial charge in [-0.15, -0.1) is 11.3 Å². The molecule has 1 aromatic carbocycles. The highest BCUT2D eigenvalue weighted by Gasteiger charge is 2.07. The third-order valence-corrected chi connectivity index (χ3v) is 3.44. The fourth-order valence-electron chi connectivity index (χ4n) is 1.81. The fraction of sp³-hybridized carbons (Fsp3) is 0.0769. The average molecular weight is 256 g/mol. The quantitative estimate of drug-likeness (QED) is 0.733. The smallest absolute Gasteiger partial charge is 0.140 e. The van der Waals surface area contributed by atoms with E-state index in [2.05, 4.69) is 14.5 Å². The summed E-state index contributed by atoms with van der Waals surface area (Å²) in [5, 5.41) is 3.06. The van der Waals surface area contributed by atoms with Crippen molar-refractivity contribution < 1.29 is 0 Å². The standard InChI is InChI=1S/C13H12N4S/c14-11-3-1-10(2-4-11)13-16-5-7-17(13)9-12-15-6-8-18-12/h1-8H,9,14H2. The summed E-state index contributed by atoms with van der Waals surface area (Å²) in [6.45, 7) is 0.747. The first-order chi connectivity index (χ1) is 8.83. The van der Waals surface area contributed by atoms with Gasteiger partial charge in [0.25, 0.3) is 0 Å². The second-order valence-corrected chi connectivity index (χ2v) is 4.91. The molecule has 0 spiro atoms. The molecule has 2 N–H and O–H groups in total. The fourth-order valence-corrected chi connectivity index (χ4v) is 2.42. The number of nitrogens with two attached hydrogens (primary N) is 1. The molecule has 3 rings (SSSR count). The number of aromatic nitrogens is 3. The van der Waals surface area contributed by atoms with Crippen molar-refractivity contribution in [2.75, 3.05) is 5.73 Å². The van der Waals surface area contributed by atoms with E-state index in [1.54, 1.807) is 17.5 Å². The molecule has 3 aromatic rings. The molecule has 0 aliphatic heterocycles. The van der Waals surface area contributed by atoms with E-state index in [0.29, 0.717) is 0 Å². The van der Waals surface area contributed by atoms with E-state index in [4.69, 9.17) is 5.73 Å². The van der Waals surface area contributed by atoms with Gasteiger partial charge in [0.2, 0.25) is 0 Å². The highest BCUT2D eigenvalue weighted by Crippen LogP contribution is 2.20. The molecule has 5 heteroatoms. The molecular weight excluding hydrogens is 244 g/mol. The lowest BCUT2D eigenvalue weighted by Crippen LogP contribution is -2.00. The van der Waals surface area contributed by atoms with Crippen LogP contribution in [0.5, 0.6) is 0 Å². The highest BCUT2D eigenvalue weighted by molar-refractivity contribution is 7.09. The minimum absolute atomic E-state index is 0.747. The molecular formula is C13H12N4S. The molecule has 0 atom stereocenters. The molecule has 0 amide bonds. The molecule has 4 nitrogen and oxygen atoms in total. The summed E-state index contributed by atoms with van der Waals surface area (Å²) in [5.41, 5.74) is 7.51. The molecule has 18 heavy (non-hydrogen) atoms. The van der Waals surface area contributed by atoms with Gasteiger partial charge in [-0.05, 0) is 24.3 Å². The van der Waals surface area contributed by atoms with Crippen LogP contribution in [0.1, 0.15) is 5.01 Å². The number of hydrogen-bond donors (Lipinski definition) is 1. The van der Waals surface area contributed by atoms with Crippen LogP contribution in [0.4, 0.5) is 5.69 Å². The molecule has 0 unspecified atom stereocenters. The summed E-state index contributed by atoms with van der Waals surface area (Å²) in [5.74, 6) is 0.935. The van der Waals surface area contributed by atoms with Crippen LogP contribution >= 0.6 is 11.3 Å². The van der Waals surface area contributed by atoms with Crippen LogP contribution in [0.25, 0.3) is 11.4 Å². The number of anilines is 1. The first-order valence-electron chi connectivity index (χ1n) is 5.58. The minimum Gasteiger partial charge on any atom is -0.399 e. The van der Waals surface area contributed by atoms with Gasteiger partial charge in [-0.3, -0.25) is 0 Å². The minimum atomic E-state index is 0.747. The number of nitrogens with zero attached hydrogens (tertiary/aromatic N) is 3. The van der Waals surface area contributed by atoms with Crippen LogP contribution < -0.4 is 5.73 Å². The van der Waals surface area contributed by atoms with Crippen molar-refractivity contribution in [1.29, 1.82) is 0 Å². The lowest BCUT2D eigenvalue weighted by Gasteiger charge is -2.06. The second kappa shape index (κ2) is 4.62. The normalized spacial score (nSPS) is 10.7. The van der Waals surface area contributed by atoms with E-state index in [-0.39, 0.29) is 0 Å². The molecule has 2 aromatic heterocycles. The van der Waals surface area contributed by atoms with Crippen molar-refractivity contribution in [3.8, 4) is 11.4 Å². The Balaban J connectivity index is 1.94. The Bertz CT molecular complexity index is 625. The van der Waals surface area contributed by atoms with Gasteiger partial charge < -0.3 is 10.3 Å². The monoisotopic (exact) mass is 256 g/mol. The Kier molecular flexibility index (Phi) is 2.82. The maximum atomic E-state index is 5.69. The van der Waals surface area contributed by atoms with Crippen molar-refractivity contribution in [2.24, 2.45) is 0 Å². The predicted octanol–water partition coefficient (Wildman–Crippen LogP) is 2.64. The SMILES string of the molecule is Nc1ccc(-c2nccn2Cc2nccs2)cc1. The zero-order valence-electron chi connectivity index (χ0n) is 9.65. The first kappa shape index (κ1) is 11.0. The van der Waals surface area contributed by atoms with E-state index in [9.17, 15) is 0 Å². The number of rotatable bonds is 3. The van der Waals surface area contributed by atoms with Crippen LogP contribution in [0, 0.1) is 0 Å². The first-order valence-corrected chi connectivity index (χ1v) is 6.46. The molecule has 0 saturated heterocycles. The summed E-state index contributed by atoms with van der Waals surface area (Å²) in [4.78, 5) is 8.69. The third-order valence-electron chi connectivity index (χ3n) is 2.67. The molecule has 0 saturated carbocycles. The van der Waals surface area contributed by atoms with Gasteiger partial charge in [0.1, 0.15) is 10.8 Å². The number of benzene rings is 1. The van der Waals surface area contributed by atoms with Gasteiger partial charge in [0.05, 0.1) is 6.54 Å². The van der Waals surface area contributed by atoms with Crippen molar-refractivity contribution in [3.63, 3.8) is 0 Å². The van der Waals surface area contributed by atoms with Crippen LogP contribution in [-0.4, -0.2) is 14.5 Å². The Labute approximate surface area is 109 Å². The Morgan fingerprint density at radius 1 is 1.11 bits per heavy atom. The Morgan fingerprint density at radius 3 is 2.67 bits per heavy atom. The van der Waals surface area contributed by atoms with Gasteiger partial charge in [0, 0.05) is 35.2 Å². The van der Waals surface area contributed by atoms with Crippen LogP contribution in [0.15, 0.2) is 48.2 Å². The van der Waals surface area contributed by atoms with Gasteiger partial charge >= 0.3 is 0 Å². The van der Waals surface area contributed by atoms with Crippen molar-refractivity contribution in [1.82, 2.24) is 14.5 Å². The van der Waals surface area contributed by atoms with Crippen molar-refractivity contribution in [2.45, 2.75) is 6.54 Å². The summed E-state index contributed by atoms with van der Waals surface area (Å²) in [7, 11) is 0. The van der Waals surface area contributed by atoms with Crippen LogP contribution in [0.3, 0.4) is 0 Å². The molecule has 0 aliphatic carbocycles. The number of nitrogen functional groups attached to an aromatic ring is 1. The van der Waals surface area contributed by atoms with Crippen molar-refractivity contribution >= 4 is 17.0 Å². The van der Waals surface area contributed by atoms with Crippen LogP contribution in [0.2, 0.25) is 0 Å². The second-order valence-electron chi connectivity index (χ2n) is 3.93. The third kappa shape index (κ3) is 2.12. The lowest BCUT2D eigenvalue weighted by molar-refractivity contribution is 0.800. The number of thiazole rings is 1. The Morgan fingerprint density at radius 2 is 1.94 bits per heavy atom. The van der Waals surface area contributed by atoms with Gasteiger partial charge in [-0.1, -0.05) is 0 Å². The summed E-state index contributed by atoms with van der Waals surface area (Å²) >= 11 is 1.65. The van der Waals surface area contributed by atoms with E-state index in [1.165, 1.54) is 0 Å². The summed E-state index contributed by atoms with van der Waals surface area (Å²) in [6.07, 6.45) is 5.59. The van der Waals surface area contributed by atoms with Gasteiger partial charge in [-0.2, -0.15) is 0 Å². The largest absolute Gasteiger partial charge is 0.399 e. The molecule has 0 bridgehead atoms. The van der Waals surface area contributed by atoms with E-state index in [0.717, 1.165) is 28.6 Å². The predicted molar refractivity (Wildman–Crippen MR) is 73.3 cm³/mol. The zero-order chi connectivity index (χ0) is 12.4. The molecule has 2 heterocycles. The lowest BCUT2D eigenvalue weighted by atomic mass is 10.2. The van der Waals surface area contributed by atoms with Crippen molar-refractivity contribution in [3.05, 3.63) is 53.2 Å². The van der Waals surface area contributed by atoms with Crippen LogP contribution in [-0.2, 0) is 6.54 Å². The molecule has 0 fully saturated rings. The molecule has 0 radical (unpaired) electrons. The van der Waals surface area contributed by atoms with E-state index < -0.39 is 0 Å². The maximum Gasteiger partial charge on any atom is 0.140 e. The maximum absolute atomic E-state index is 5.69. The number of imidazole rings is 1. The highest BCUT2D eigenvalue weighted by atomic mass is 32.1. The number of hydrogen-bond acceptors (Lipinski definition) is 4. The summed E-state index contributed by atoms with van der Waals surface area (Å²) < 4.78 is 2.09. The van der Waals surface area contributed by atoms with Gasteiger partial charge in [-0.25, -0.2) is 9.97 Å². The topological polar surface area (TPSA) is 56.7 Å². The van der Waals surface area contributed by atoms with E-state index in [1.807, 2.05) is 42.0 Å². The summed E-state index contributed by atoms with van der Waals surface area (Å²) in [6, 6.07) is 7.74. The van der Waals surface area contributed by atoms with Gasteiger partial charge in [0.15, 0.2) is 0 Å². The zero-order valence-corrected chi connectivity index (χ0v) is 10.5. The molecule has 90 valence electrons.